The lowest BCUT2D eigenvalue weighted by Gasteiger charge is -2.13. The van der Waals surface area contributed by atoms with Crippen molar-refractivity contribution in [1.29, 1.82) is 0 Å². The topological polar surface area (TPSA) is 22.9 Å². The Morgan fingerprint density at radius 2 is 1.68 bits per heavy atom. The van der Waals surface area contributed by atoms with Gasteiger partial charge in [-0.2, -0.15) is 0 Å². The van der Waals surface area contributed by atoms with Gasteiger partial charge in [0, 0.05) is 12.8 Å². The van der Waals surface area contributed by atoms with Gasteiger partial charge < -0.3 is 14.4 Å². The molecular formula is C16H26NO2+. The summed E-state index contributed by atoms with van der Waals surface area (Å²) >= 11 is 0. The third-order valence-electron chi connectivity index (χ3n) is 3.64. The van der Waals surface area contributed by atoms with Gasteiger partial charge in [-0.15, -0.1) is 0 Å². The lowest BCUT2D eigenvalue weighted by Crippen LogP contribution is -3.09. The van der Waals surface area contributed by atoms with Gasteiger partial charge in [-0.25, -0.2) is 0 Å². The molecule has 1 saturated heterocycles. The summed E-state index contributed by atoms with van der Waals surface area (Å²) in [5, 5.41) is 0. The minimum Gasteiger partial charge on any atom is -0.490 e. The molecule has 1 aliphatic heterocycles. The Bertz CT molecular complexity index is 362. The Hall–Kier alpha value is -1.22. The minimum atomic E-state index is 0.679. The van der Waals surface area contributed by atoms with Crippen LogP contribution in [0.25, 0.3) is 0 Å². The molecule has 1 heterocycles. The van der Waals surface area contributed by atoms with Crippen LogP contribution in [0.2, 0.25) is 0 Å². The number of quaternary nitrogens is 1. The third kappa shape index (κ3) is 4.75. The van der Waals surface area contributed by atoms with E-state index < -0.39 is 0 Å². The molecule has 0 atom stereocenters. The van der Waals surface area contributed by atoms with Gasteiger partial charge in [0.2, 0.25) is 0 Å². The van der Waals surface area contributed by atoms with E-state index in [0.29, 0.717) is 6.61 Å². The van der Waals surface area contributed by atoms with E-state index in [1.165, 1.54) is 38.9 Å². The van der Waals surface area contributed by atoms with Crippen molar-refractivity contribution < 1.29 is 14.4 Å². The Labute approximate surface area is 116 Å². The molecule has 1 aromatic carbocycles. The number of hydrogen-bond acceptors (Lipinski definition) is 2. The van der Waals surface area contributed by atoms with Gasteiger partial charge in [0.1, 0.15) is 0 Å². The zero-order valence-corrected chi connectivity index (χ0v) is 12.0. The molecule has 2 rings (SSSR count). The molecule has 3 nitrogen and oxygen atoms in total. The molecule has 1 N–H and O–H groups in total. The van der Waals surface area contributed by atoms with Gasteiger partial charge in [0.25, 0.3) is 0 Å². The summed E-state index contributed by atoms with van der Waals surface area (Å²) in [6, 6.07) is 7.92. The molecule has 0 radical (unpaired) electrons. The molecule has 0 saturated carbocycles. The fraction of sp³-hybridized carbons (Fsp3) is 0.625. The summed E-state index contributed by atoms with van der Waals surface area (Å²) in [6.07, 6.45) is 5.21. The summed E-state index contributed by atoms with van der Waals surface area (Å²) in [5.74, 6) is 1.73. The van der Waals surface area contributed by atoms with Crippen LogP contribution in [0.3, 0.4) is 0 Å². The molecule has 106 valence electrons. The number of nitrogens with one attached hydrogen (secondary N) is 1. The molecule has 3 heteroatoms. The fourth-order valence-corrected chi connectivity index (χ4v) is 2.63. The number of rotatable bonds is 8. The highest BCUT2D eigenvalue weighted by Gasteiger charge is 2.14. The van der Waals surface area contributed by atoms with Crippen LogP contribution in [0.15, 0.2) is 24.3 Å². The standard InChI is InChI=1S/C16H25NO2/c1-2-18-15-9-3-4-10-16(15)19-14-8-7-13-17-11-5-6-12-17/h3-4,9-10H,2,5-8,11-14H2,1H3/p+1. The van der Waals surface area contributed by atoms with Crippen molar-refractivity contribution in [2.45, 2.75) is 32.6 Å². The number of para-hydroxylation sites is 2. The van der Waals surface area contributed by atoms with Crippen molar-refractivity contribution in [3.8, 4) is 11.5 Å². The second-order valence-electron chi connectivity index (χ2n) is 5.14. The van der Waals surface area contributed by atoms with Gasteiger partial charge >= 0.3 is 0 Å². The molecule has 0 aromatic heterocycles. The first-order chi connectivity index (χ1) is 9.40. The zero-order valence-electron chi connectivity index (χ0n) is 12.0. The number of benzene rings is 1. The first kappa shape index (κ1) is 14.2. The summed E-state index contributed by atoms with van der Waals surface area (Å²) < 4.78 is 11.4. The van der Waals surface area contributed by atoms with E-state index in [4.69, 9.17) is 9.47 Å². The molecule has 1 aliphatic rings. The van der Waals surface area contributed by atoms with Gasteiger partial charge in [-0.1, -0.05) is 12.1 Å². The molecule has 19 heavy (non-hydrogen) atoms. The van der Waals surface area contributed by atoms with E-state index in [1.54, 1.807) is 4.90 Å². The fourth-order valence-electron chi connectivity index (χ4n) is 2.63. The van der Waals surface area contributed by atoms with E-state index in [-0.39, 0.29) is 0 Å². The maximum absolute atomic E-state index is 5.82. The van der Waals surface area contributed by atoms with Gasteiger partial charge in [-0.3, -0.25) is 0 Å². The van der Waals surface area contributed by atoms with Crippen LogP contribution in [0.4, 0.5) is 0 Å². The number of likely N-dealkylation sites (tertiary alicyclic amines) is 1. The summed E-state index contributed by atoms with van der Waals surface area (Å²) in [5.41, 5.74) is 0. The molecular weight excluding hydrogens is 238 g/mol. The van der Waals surface area contributed by atoms with Crippen LogP contribution >= 0.6 is 0 Å². The van der Waals surface area contributed by atoms with Crippen molar-refractivity contribution in [1.82, 2.24) is 0 Å². The van der Waals surface area contributed by atoms with Crippen LogP contribution in [-0.4, -0.2) is 32.8 Å². The van der Waals surface area contributed by atoms with E-state index in [1.807, 2.05) is 31.2 Å². The van der Waals surface area contributed by atoms with E-state index in [9.17, 15) is 0 Å². The van der Waals surface area contributed by atoms with Crippen LogP contribution < -0.4 is 14.4 Å². The van der Waals surface area contributed by atoms with Gasteiger partial charge in [-0.05, 0) is 31.9 Å². The van der Waals surface area contributed by atoms with E-state index in [2.05, 4.69) is 0 Å². The molecule has 0 aliphatic carbocycles. The second kappa shape index (κ2) is 8.05. The predicted octanol–water partition coefficient (Wildman–Crippen LogP) is 1.92. The quantitative estimate of drug-likeness (QED) is 0.725. The smallest absolute Gasteiger partial charge is 0.161 e. The lowest BCUT2D eigenvalue weighted by atomic mass is 10.3. The van der Waals surface area contributed by atoms with Crippen molar-refractivity contribution in [2.75, 3.05) is 32.8 Å². The van der Waals surface area contributed by atoms with E-state index >= 15 is 0 Å². The maximum atomic E-state index is 5.82. The Kier molecular flexibility index (Phi) is 6.02. The SMILES string of the molecule is CCOc1ccccc1OCCCC[NH+]1CCCC1. The van der Waals surface area contributed by atoms with E-state index in [0.717, 1.165) is 24.5 Å². The summed E-state index contributed by atoms with van der Waals surface area (Å²) in [6.45, 7) is 7.50. The first-order valence-corrected chi connectivity index (χ1v) is 7.58. The first-order valence-electron chi connectivity index (χ1n) is 7.58. The minimum absolute atomic E-state index is 0.679. The Balaban J connectivity index is 1.64. The number of unbranched alkanes of at least 4 members (excludes halogenated alkanes) is 1. The van der Waals surface area contributed by atoms with Crippen LogP contribution in [-0.2, 0) is 0 Å². The largest absolute Gasteiger partial charge is 0.490 e. The average molecular weight is 264 g/mol. The van der Waals surface area contributed by atoms with Crippen molar-refractivity contribution in [3.63, 3.8) is 0 Å². The normalized spacial score (nSPS) is 15.6. The highest BCUT2D eigenvalue weighted by molar-refractivity contribution is 5.39. The number of ether oxygens (including phenoxy) is 2. The lowest BCUT2D eigenvalue weighted by molar-refractivity contribution is -0.887. The van der Waals surface area contributed by atoms with Crippen LogP contribution in [0.1, 0.15) is 32.6 Å². The zero-order chi connectivity index (χ0) is 13.3. The molecule has 0 bridgehead atoms. The molecule has 0 amide bonds. The second-order valence-corrected chi connectivity index (χ2v) is 5.14. The highest BCUT2D eigenvalue weighted by Crippen LogP contribution is 2.26. The molecule has 1 aromatic rings. The Morgan fingerprint density at radius 3 is 2.37 bits per heavy atom. The van der Waals surface area contributed by atoms with Gasteiger partial charge in [0.15, 0.2) is 11.5 Å². The maximum Gasteiger partial charge on any atom is 0.161 e. The van der Waals surface area contributed by atoms with Gasteiger partial charge in [0.05, 0.1) is 32.8 Å². The molecule has 0 unspecified atom stereocenters. The Morgan fingerprint density at radius 1 is 1.00 bits per heavy atom. The predicted molar refractivity (Wildman–Crippen MR) is 77.1 cm³/mol. The van der Waals surface area contributed by atoms with Crippen molar-refractivity contribution in [2.24, 2.45) is 0 Å². The third-order valence-corrected chi connectivity index (χ3v) is 3.64. The van der Waals surface area contributed by atoms with Crippen LogP contribution in [0.5, 0.6) is 11.5 Å². The molecule has 1 fully saturated rings. The monoisotopic (exact) mass is 264 g/mol. The highest BCUT2D eigenvalue weighted by atomic mass is 16.5. The van der Waals surface area contributed by atoms with Crippen LogP contribution in [0, 0.1) is 0 Å². The van der Waals surface area contributed by atoms with Crippen molar-refractivity contribution in [3.05, 3.63) is 24.3 Å². The average Bonchev–Trinajstić information content (AvgIpc) is 2.94. The molecule has 0 spiro atoms. The summed E-state index contributed by atoms with van der Waals surface area (Å²) in [7, 11) is 0. The van der Waals surface area contributed by atoms with Crippen molar-refractivity contribution >= 4 is 0 Å². The summed E-state index contributed by atoms with van der Waals surface area (Å²) in [4.78, 5) is 1.77. The number of hydrogen-bond donors (Lipinski definition) is 1.